The van der Waals surface area contributed by atoms with Gasteiger partial charge in [0.05, 0.1) is 18.1 Å². The van der Waals surface area contributed by atoms with Crippen molar-refractivity contribution in [3.8, 4) is 16.9 Å². The first-order valence-electron chi connectivity index (χ1n) is 10.3. The highest BCUT2D eigenvalue weighted by Gasteiger charge is 2.02. The van der Waals surface area contributed by atoms with Crippen LogP contribution in [0.15, 0.2) is 78.9 Å². The maximum atomic E-state index is 10.5. The lowest BCUT2D eigenvalue weighted by molar-refractivity contribution is -0.136. The molecular weight excluding hydrogens is 410 g/mol. The molecule has 31 heavy (non-hydrogen) atoms. The topological polar surface area (TPSA) is 58.6 Å². The van der Waals surface area contributed by atoms with E-state index in [1.54, 1.807) is 0 Å². The van der Waals surface area contributed by atoms with Gasteiger partial charge in [-0.25, -0.2) is 0 Å². The smallest absolute Gasteiger partial charge is 0.304 e. The average molecular weight is 436 g/mol. The first kappa shape index (κ1) is 22.6. The molecule has 4 nitrogen and oxygen atoms in total. The number of ether oxygens (including phenoxy) is 1. The fourth-order valence-electron chi connectivity index (χ4n) is 3.08. The molecule has 160 valence electrons. The van der Waals surface area contributed by atoms with Crippen molar-refractivity contribution in [2.75, 3.05) is 19.7 Å². The van der Waals surface area contributed by atoms with E-state index >= 15 is 0 Å². The lowest BCUT2D eigenvalue weighted by Crippen LogP contribution is -2.17. The minimum atomic E-state index is -0.806. The van der Waals surface area contributed by atoms with E-state index in [2.05, 4.69) is 41.7 Å². The molecule has 0 amide bonds. The normalized spacial score (nSPS) is 11.0. The Morgan fingerprint density at radius 1 is 1.00 bits per heavy atom. The molecule has 0 spiro atoms. The minimum absolute atomic E-state index is 0.109. The van der Waals surface area contributed by atoms with E-state index in [-0.39, 0.29) is 6.42 Å². The van der Waals surface area contributed by atoms with Gasteiger partial charge in [0.15, 0.2) is 0 Å². The van der Waals surface area contributed by atoms with E-state index in [0.717, 1.165) is 17.7 Å². The van der Waals surface area contributed by atoms with E-state index in [1.165, 1.54) is 16.7 Å². The van der Waals surface area contributed by atoms with Crippen molar-refractivity contribution in [3.63, 3.8) is 0 Å². The Kier molecular flexibility index (Phi) is 8.71. The molecule has 0 unspecified atom stereocenters. The molecule has 5 heteroatoms. The van der Waals surface area contributed by atoms with Crippen molar-refractivity contribution in [1.82, 2.24) is 5.32 Å². The molecule has 0 aromatic heterocycles. The minimum Gasteiger partial charge on any atom is -0.493 e. The van der Waals surface area contributed by atoms with Gasteiger partial charge in [0, 0.05) is 19.5 Å². The Morgan fingerprint density at radius 2 is 1.74 bits per heavy atom. The second-order valence-corrected chi connectivity index (χ2v) is 7.50. The number of nitrogens with one attached hydrogen (secondary N) is 1. The number of carboxylic acids is 1. The number of carboxylic acid groups (broad SMARTS) is 1. The van der Waals surface area contributed by atoms with Crippen LogP contribution in [0.5, 0.6) is 5.75 Å². The highest BCUT2D eigenvalue weighted by Crippen LogP contribution is 2.24. The highest BCUT2D eigenvalue weighted by molar-refractivity contribution is 6.32. The molecule has 0 heterocycles. The SMILES string of the molecule is O=C(O)CCNC/C=C/c1ccc(OCCc2ccc(-c3ccccc3)cc2)cc1Cl. The van der Waals surface area contributed by atoms with Gasteiger partial charge in [0.1, 0.15) is 5.75 Å². The number of carbonyl (C=O) groups is 1. The van der Waals surface area contributed by atoms with Crippen LogP contribution in [0, 0.1) is 0 Å². The zero-order chi connectivity index (χ0) is 21.9. The van der Waals surface area contributed by atoms with Crippen LogP contribution in [-0.2, 0) is 11.2 Å². The van der Waals surface area contributed by atoms with Crippen LogP contribution in [0.2, 0.25) is 5.02 Å². The summed E-state index contributed by atoms with van der Waals surface area (Å²) >= 11 is 6.35. The Morgan fingerprint density at radius 3 is 2.45 bits per heavy atom. The summed E-state index contributed by atoms with van der Waals surface area (Å²) < 4.78 is 5.86. The van der Waals surface area contributed by atoms with Gasteiger partial charge in [-0.2, -0.15) is 0 Å². The average Bonchev–Trinajstić information content (AvgIpc) is 2.78. The molecule has 0 saturated heterocycles. The standard InChI is InChI=1S/C26H26ClNO3/c27-25-19-24(13-12-23(25)7-4-16-28-17-14-26(29)30)31-18-15-20-8-10-22(11-9-20)21-5-2-1-3-6-21/h1-13,19,28H,14-18H2,(H,29,30)/b7-4+. The summed E-state index contributed by atoms with van der Waals surface area (Å²) in [6.07, 6.45) is 4.75. The monoisotopic (exact) mass is 435 g/mol. The summed E-state index contributed by atoms with van der Waals surface area (Å²) in [5.41, 5.74) is 4.54. The first-order valence-corrected chi connectivity index (χ1v) is 10.7. The van der Waals surface area contributed by atoms with Gasteiger partial charge in [0.25, 0.3) is 0 Å². The lowest BCUT2D eigenvalue weighted by Gasteiger charge is -2.09. The van der Waals surface area contributed by atoms with Crippen molar-refractivity contribution >= 4 is 23.6 Å². The summed E-state index contributed by atoms with van der Waals surface area (Å²) in [4.78, 5) is 10.5. The third-order valence-electron chi connectivity index (χ3n) is 4.77. The molecule has 3 aromatic carbocycles. The van der Waals surface area contributed by atoms with Crippen molar-refractivity contribution in [3.05, 3.63) is 95.0 Å². The third-order valence-corrected chi connectivity index (χ3v) is 5.10. The van der Waals surface area contributed by atoms with E-state index in [9.17, 15) is 4.79 Å². The zero-order valence-corrected chi connectivity index (χ0v) is 18.0. The first-order chi connectivity index (χ1) is 15.1. The fraction of sp³-hybridized carbons (Fsp3) is 0.192. The second kappa shape index (κ2) is 11.9. The van der Waals surface area contributed by atoms with Gasteiger partial charge in [0.2, 0.25) is 0 Å². The van der Waals surface area contributed by atoms with Gasteiger partial charge in [-0.15, -0.1) is 0 Å². The summed E-state index contributed by atoms with van der Waals surface area (Å²) in [5, 5.41) is 12.3. The van der Waals surface area contributed by atoms with Crippen LogP contribution in [0.1, 0.15) is 17.5 Å². The van der Waals surface area contributed by atoms with Crippen molar-refractivity contribution < 1.29 is 14.6 Å². The molecule has 3 aromatic rings. The van der Waals surface area contributed by atoms with Crippen molar-refractivity contribution in [2.45, 2.75) is 12.8 Å². The van der Waals surface area contributed by atoms with Gasteiger partial charge in [-0.05, 0) is 40.5 Å². The van der Waals surface area contributed by atoms with E-state index in [1.807, 2.05) is 48.6 Å². The van der Waals surface area contributed by atoms with E-state index in [4.69, 9.17) is 21.4 Å². The molecule has 0 saturated carbocycles. The lowest BCUT2D eigenvalue weighted by atomic mass is 10.0. The zero-order valence-electron chi connectivity index (χ0n) is 17.3. The highest BCUT2D eigenvalue weighted by atomic mass is 35.5. The number of aliphatic carboxylic acids is 1. The Bertz CT molecular complexity index is 1000. The van der Waals surface area contributed by atoms with Crippen LogP contribution in [-0.4, -0.2) is 30.8 Å². The maximum Gasteiger partial charge on any atom is 0.304 e. The van der Waals surface area contributed by atoms with Gasteiger partial charge in [-0.3, -0.25) is 4.79 Å². The van der Waals surface area contributed by atoms with Crippen molar-refractivity contribution in [1.29, 1.82) is 0 Å². The number of hydrogen-bond donors (Lipinski definition) is 2. The van der Waals surface area contributed by atoms with E-state index in [0.29, 0.717) is 24.7 Å². The summed E-state index contributed by atoms with van der Waals surface area (Å²) in [5.74, 6) is -0.0676. The fourth-order valence-corrected chi connectivity index (χ4v) is 3.31. The molecular formula is C26H26ClNO3. The number of rotatable bonds is 11. The quantitative estimate of drug-likeness (QED) is 0.379. The molecule has 0 atom stereocenters. The largest absolute Gasteiger partial charge is 0.493 e. The number of benzene rings is 3. The van der Waals surface area contributed by atoms with Crippen molar-refractivity contribution in [2.24, 2.45) is 0 Å². The van der Waals surface area contributed by atoms with Crippen LogP contribution < -0.4 is 10.1 Å². The summed E-state index contributed by atoms with van der Waals surface area (Å²) in [7, 11) is 0. The van der Waals surface area contributed by atoms with E-state index < -0.39 is 5.97 Å². The van der Waals surface area contributed by atoms with Crippen LogP contribution >= 0.6 is 11.6 Å². The molecule has 0 aliphatic rings. The van der Waals surface area contributed by atoms with Gasteiger partial charge < -0.3 is 15.2 Å². The van der Waals surface area contributed by atoms with Gasteiger partial charge in [-0.1, -0.05) is 78.4 Å². The van der Waals surface area contributed by atoms with Crippen LogP contribution in [0.3, 0.4) is 0 Å². The van der Waals surface area contributed by atoms with Crippen LogP contribution in [0.4, 0.5) is 0 Å². The molecule has 0 aliphatic carbocycles. The Hall–Kier alpha value is -3.08. The molecule has 0 radical (unpaired) electrons. The number of hydrogen-bond acceptors (Lipinski definition) is 3. The molecule has 3 rings (SSSR count). The summed E-state index contributed by atoms with van der Waals surface area (Å²) in [6.45, 7) is 1.60. The Labute approximate surface area is 188 Å². The molecule has 0 fully saturated rings. The predicted molar refractivity (Wildman–Crippen MR) is 127 cm³/mol. The third kappa shape index (κ3) is 7.59. The second-order valence-electron chi connectivity index (χ2n) is 7.09. The molecule has 0 bridgehead atoms. The molecule has 0 aliphatic heterocycles. The van der Waals surface area contributed by atoms with Gasteiger partial charge >= 0.3 is 5.97 Å². The predicted octanol–water partition coefficient (Wildman–Crippen LogP) is 5.71. The molecule has 2 N–H and O–H groups in total. The maximum absolute atomic E-state index is 10.5. The number of halogens is 1. The summed E-state index contributed by atoms with van der Waals surface area (Å²) in [6, 6.07) is 24.5. The Balaban J connectivity index is 1.44. The van der Waals surface area contributed by atoms with Crippen LogP contribution in [0.25, 0.3) is 17.2 Å².